The number of para-hydroxylation sites is 1. The summed E-state index contributed by atoms with van der Waals surface area (Å²) in [4.78, 5) is 34.0. The molecule has 3 heterocycles. The van der Waals surface area contributed by atoms with Crippen molar-refractivity contribution in [1.82, 2.24) is 4.90 Å². The van der Waals surface area contributed by atoms with E-state index in [1.165, 1.54) is 18.2 Å². The number of likely N-dealkylation sites (tertiary alicyclic amines) is 1. The van der Waals surface area contributed by atoms with Gasteiger partial charge in [0.15, 0.2) is 16.7 Å². The fraction of sp³-hybridized carbons (Fsp3) is 0.292. The lowest BCUT2D eigenvalue weighted by molar-refractivity contribution is -0.129. The summed E-state index contributed by atoms with van der Waals surface area (Å²) in [6.45, 7) is 1.81. The van der Waals surface area contributed by atoms with E-state index in [0.29, 0.717) is 22.4 Å². The molecule has 5 rings (SSSR count). The molecule has 3 aliphatic rings. The second kappa shape index (κ2) is 9.08. The van der Waals surface area contributed by atoms with E-state index in [1.807, 2.05) is 53.4 Å². The lowest BCUT2D eigenvalue weighted by Gasteiger charge is -2.26. The highest BCUT2D eigenvalue weighted by Gasteiger charge is 2.33. The van der Waals surface area contributed by atoms with E-state index in [1.54, 1.807) is 11.0 Å². The molecule has 32 heavy (non-hydrogen) atoms. The molecular weight excluding hydrogens is 426 g/mol. The molecule has 2 amide bonds. The van der Waals surface area contributed by atoms with Crippen molar-refractivity contribution in [1.29, 1.82) is 0 Å². The van der Waals surface area contributed by atoms with Crippen LogP contribution in [0.3, 0.4) is 0 Å². The highest BCUT2D eigenvalue weighted by Crippen LogP contribution is 2.34. The Balaban J connectivity index is 1.40. The van der Waals surface area contributed by atoms with Gasteiger partial charge < -0.3 is 14.4 Å². The number of aliphatic imine (C=N–C) groups is 1. The van der Waals surface area contributed by atoms with Crippen molar-refractivity contribution in [2.24, 2.45) is 4.99 Å². The summed E-state index contributed by atoms with van der Waals surface area (Å²) in [5, 5.41) is 0.513. The molecular formula is C24H23N3O4S. The van der Waals surface area contributed by atoms with Gasteiger partial charge >= 0.3 is 0 Å². The van der Waals surface area contributed by atoms with Gasteiger partial charge in [0, 0.05) is 13.1 Å². The molecule has 1 saturated heterocycles. The first-order chi connectivity index (χ1) is 15.7. The molecule has 0 saturated carbocycles. The summed E-state index contributed by atoms with van der Waals surface area (Å²) in [5.74, 6) is 1.46. The Morgan fingerprint density at radius 2 is 1.81 bits per heavy atom. The minimum atomic E-state index is -0.221. The van der Waals surface area contributed by atoms with Gasteiger partial charge in [0.2, 0.25) is 12.7 Å². The number of amidine groups is 1. The lowest BCUT2D eigenvalue weighted by atomic mass is 10.1. The summed E-state index contributed by atoms with van der Waals surface area (Å²) < 4.78 is 10.8. The molecule has 2 aromatic rings. The van der Waals surface area contributed by atoms with Crippen LogP contribution in [0.25, 0.3) is 6.08 Å². The molecule has 0 N–H and O–H groups in total. The summed E-state index contributed by atoms with van der Waals surface area (Å²) >= 11 is 1.31. The number of piperidine rings is 1. The van der Waals surface area contributed by atoms with Crippen molar-refractivity contribution >= 4 is 40.5 Å². The molecule has 0 unspecified atom stereocenters. The monoisotopic (exact) mass is 449 g/mol. The van der Waals surface area contributed by atoms with E-state index in [9.17, 15) is 9.59 Å². The van der Waals surface area contributed by atoms with Crippen molar-refractivity contribution in [3.8, 4) is 11.5 Å². The van der Waals surface area contributed by atoms with Crippen LogP contribution in [0.4, 0.5) is 5.69 Å². The molecule has 3 aliphatic heterocycles. The van der Waals surface area contributed by atoms with Crippen molar-refractivity contribution in [3.05, 3.63) is 59.8 Å². The maximum Gasteiger partial charge on any atom is 0.283 e. The maximum absolute atomic E-state index is 13.3. The molecule has 7 nitrogen and oxygen atoms in total. The fourth-order valence-corrected chi connectivity index (χ4v) is 4.84. The molecule has 0 aromatic heterocycles. The third kappa shape index (κ3) is 4.23. The average Bonchev–Trinajstić information content (AvgIpc) is 3.42. The van der Waals surface area contributed by atoms with E-state index >= 15 is 0 Å². The number of fused-ring (bicyclic) bond motifs is 1. The zero-order valence-electron chi connectivity index (χ0n) is 17.5. The van der Waals surface area contributed by atoms with Crippen LogP contribution >= 0.6 is 11.8 Å². The van der Waals surface area contributed by atoms with E-state index in [4.69, 9.17) is 9.47 Å². The van der Waals surface area contributed by atoms with Crippen molar-refractivity contribution in [2.75, 3.05) is 30.5 Å². The minimum Gasteiger partial charge on any atom is -0.454 e. The van der Waals surface area contributed by atoms with Crippen LogP contribution in [0.1, 0.15) is 24.8 Å². The highest BCUT2D eigenvalue weighted by atomic mass is 32.2. The quantitative estimate of drug-likeness (QED) is 0.662. The molecule has 8 heteroatoms. The van der Waals surface area contributed by atoms with Gasteiger partial charge in [-0.2, -0.15) is 0 Å². The lowest BCUT2D eigenvalue weighted by Crippen LogP contribution is -2.38. The number of carbonyl (C=O) groups is 2. The molecule has 2 aromatic carbocycles. The Labute approximate surface area is 190 Å². The van der Waals surface area contributed by atoms with Crippen LogP contribution in [-0.2, 0) is 9.59 Å². The van der Waals surface area contributed by atoms with Crippen LogP contribution in [-0.4, -0.2) is 47.5 Å². The number of rotatable bonds is 4. The van der Waals surface area contributed by atoms with Crippen LogP contribution in [0.5, 0.6) is 11.5 Å². The van der Waals surface area contributed by atoms with Crippen molar-refractivity contribution < 1.29 is 19.1 Å². The number of hydrogen-bond acceptors (Lipinski definition) is 6. The number of carbonyl (C=O) groups excluding carboxylic acids is 2. The van der Waals surface area contributed by atoms with E-state index in [2.05, 4.69) is 4.99 Å². The number of amides is 2. The Morgan fingerprint density at radius 3 is 2.62 bits per heavy atom. The Bertz CT molecular complexity index is 1090. The number of ether oxygens (including phenoxy) is 2. The SMILES string of the molecule is O=C(CSC1=N/C(=C/c2ccc3c(c2)OCO3)C(=O)N1c1ccccc1)N1CCCCC1. The van der Waals surface area contributed by atoms with Crippen LogP contribution in [0.2, 0.25) is 0 Å². The number of thioether (sulfide) groups is 1. The van der Waals surface area contributed by atoms with Gasteiger partial charge in [-0.1, -0.05) is 36.0 Å². The second-order valence-electron chi connectivity index (χ2n) is 7.74. The molecule has 0 atom stereocenters. The first kappa shape index (κ1) is 20.6. The smallest absolute Gasteiger partial charge is 0.283 e. The van der Waals surface area contributed by atoms with Crippen molar-refractivity contribution in [2.45, 2.75) is 19.3 Å². The first-order valence-corrected chi connectivity index (χ1v) is 11.7. The van der Waals surface area contributed by atoms with Crippen LogP contribution < -0.4 is 14.4 Å². The van der Waals surface area contributed by atoms with Crippen molar-refractivity contribution in [3.63, 3.8) is 0 Å². The van der Waals surface area contributed by atoms with Gasteiger partial charge in [-0.3, -0.25) is 14.5 Å². The largest absolute Gasteiger partial charge is 0.454 e. The van der Waals surface area contributed by atoms with E-state index < -0.39 is 0 Å². The summed E-state index contributed by atoms with van der Waals surface area (Å²) in [7, 11) is 0. The highest BCUT2D eigenvalue weighted by molar-refractivity contribution is 8.14. The topological polar surface area (TPSA) is 71.4 Å². The third-order valence-corrected chi connectivity index (χ3v) is 6.50. The predicted molar refractivity (Wildman–Crippen MR) is 125 cm³/mol. The Hall–Kier alpha value is -3.26. The van der Waals surface area contributed by atoms with E-state index in [0.717, 1.165) is 37.2 Å². The summed E-state index contributed by atoms with van der Waals surface area (Å²) in [5.41, 5.74) is 1.84. The molecule has 0 spiro atoms. The number of hydrogen-bond donors (Lipinski definition) is 0. The average molecular weight is 450 g/mol. The predicted octanol–water partition coefficient (Wildman–Crippen LogP) is 3.90. The molecule has 1 fully saturated rings. The zero-order valence-corrected chi connectivity index (χ0v) is 18.3. The Morgan fingerprint density at radius 1 is 1.03 bits per heavy atom. The number of benzene rings is 2. The molecule has 0 bridgehead atoms. The van der Waals surface area contributed by atoms with Crippen LogP contribution in [0.15, 0.2) is 59.2 Å². The van der Waals surface area contributed by atoms with Gasteiger partial charge in [0.1, 0.15) is 5.70 Å². The summed E-state index contributed by atoms with van der Waals surface area (Å²) in [6.07, 6.45) is 5.01. The number of anilines is 1. The van der Waals surface area contributed by atoms with Crippen LogP contribution in [0, 0.1) is 0 Å². The maximum atomic E-state index is 13.3. The molecule has 164 valence electrons. The third-order valence-electron chi connectivity index (χ3n) is 5.58. The zero-order chi connectivity index (χ0) is 21.9. The van der Waals surface area contributed by atoms with E-state index in [-0.39, 0.29) is 24.4 Å². The van der Waals surface area contributed by atoms with Gasteiger partial charge in [-0.15, -0.1) is 0 Å². The van der Waals surface area contributed by atoms with Gasteiger partial charge in [0.25, 0.3) is 5.91 Å². The van der Waals surface area contributed by atoms with Gasteiger partial charge in [-0.25, -0.2) is 4.99 Å². The normalized spacial score (nSPS) is 18.9. The standard InChI is InChI=1S/C24H23N3O4S/c28-22(26-11-5-2-6-12-26)15-32-24-25-19(23(29)27(24)18-7-3-1-4-8-18)13-17-9-10-20-21(14-17)31-16-30-20/h1,3-4,7-10,13-14H,2,5-6,11-12,15-16H2/b19-13+. The first-order valence-electron chi connectivity index (χ1n) is 10.7. The molecule has 0 radical (unpaired) electrons. The number of nitrogens with zero attached hydrogens (tertiary/aromatic N) is 3. The summed E-state index contributed by atoms with van der Waals surface area (Å²) in [6, 6.07) is 14.9. The van der Waals surface area contributed by atoms with Gasteiger partial charge in [0.05, 0.1) is 11.4 Å². The minimum absolute atomic E-state index is 0.0889. The second-order valence-corrected chi connectivity index (χ2v) is 8.69. The Kier molecular flexibility index (Phi) is 5.85. The fourth-order valence-electron chi connectivity index (χ4n) is 3.92. The molecule has 0 aliphatic carbocycles. The van der Waals surface area contributed by atoms with Gasteiger partial charge in [-0.05, 0) is 55.2 Å².